The number of sulfone groups is 1. The minimum Gasteiger partial charge on any atom is -0.349 e. The molecule has 0 aliphatic carbocycles. The Morgan fingerprint density at radius 1 is 0.808 bits per heavy atom. The predicted octanol–water partition coefficient (Wildman–Crippen LogP) is 6.03. The van der Waals surface area contributed by atoms with Crippen molar-refractivity contribution in [1.29, 1.82) is 5.26 Å². The van der Waals surface area contributed by atoms with Gasteiger partial charge in [-0.2, -0.15) is 31.6 Å². The Balaban J connectivity index is 1.56. The second kappa shape index (κ2) is 14.0. The number of halogens is 8. The maximum atomic E-state index is 14.6. The van der Waals surface area contributed by atoms with Crippen molar-refractivity contribution in [2.45, 2.75) is 47.5 Å². The summed E-state index contributed by atoms with van der Waals surface area (Å²) in [6.07, 6.45) is -12.6. The number of likely N-dealkylation sites (tertiary alicyclic amines) is 1. The van der Waals surface area contributed by atoms with Gasteiger partial charge in [-0.1, -0.05) is 30.3 Å². The fourth-order valence-electron chi connectivity index (χ4n) is 6.52. The van der Waals surface area contributed by atoms with Gasteiger partial charge in [0, 0.05) is 51.8 Å². The number of rotatable bonds is 7. The molecular formula is C34H30F8N4O5S. The van der Waals surface area contributed by atoms with Gasteiger partial charge in [0.05, 0.1) is 23.1 Å². The number of nitriles is 1. The number of ether oxygens (including phenoxy) is 1. The van der Waals surface area contributed by atoms with Crippen molar-refractivity contribution in [1.82, 2.24) is 14.7 Å². The van der Waals surface area contributed by atoms with Crippen LogP contribution in [0.3, 0.4) is 0 Å². The van der Waals surface area contributed by atoms with Crippen molar-refractivity contribution >= 4 is 21.8 Å². The number of carbonyl (C=O) groups is 2. The standard InChI is InChI=1S/C34H30F8N4O5S/c1-22(47)44-14-16-45(17-15-44)30(48)46-13-12-31(21-46,52(49,50)29-10-8-27(35)9-11-29)25-3-5-26(6-4-25)32(33(37,38)39,34(40,41)42)51-20-23-2-7-28(36)18-24(23)19-43/h2-11,18H,12-17,20-21H2,1H3/t31-/m0/s1. The molecule has 0 radical (unpaired) electrons. The quantitative estimate of drug-likeness (QED) is 0.215. The maximum absolute atomic E-state index is 14.6. The Hall–Kier alpha value is -4.76. The molecule has 9 nitrogen and oxygen atoms in total. The van der Waals surface area contributed by atoms with Gasteiger partial charge in [-0.15, -0.1) is 0 Å². The molecule has 0 spiro atoms. The smallest absolute Gasteiger partial charge is 0.349 e. The fraction of sp³-hybridized carbons (Fsp3) is 0.382. The number of benzene rings is 3. The van der Waals surface area contributed by atoms with Crippen LogP contribution in [0.25, 0.3) is 0 Å². The molecule has 3 aromatic rings. The molecule has 0 bridgehead atoms. The Kier molecular flexibility index (Phi) is 10.4. The van der Waals surface area contributed by atoms with Gasteiger partial charge in [-0.25, -0.2) is 22.0 Å². The first-order chi connectivity index (χ1) is 24.3. The summed E-state index contributed by atoms with van der Waals surface area (Å²) in [7, 11) is -4.62. The summed E-state index contributed by atoms with van der Waals surface area (Å²) < 4.78 is 146. The zero-order valence-corrected chi connectivity index (χ0v) is 28.1. The van der Waals surface area contributed by atoms with Crippen LogP contribution in [0.5, 0.6) is 0 Å². The van der Waals surface area contributed by atoms with Gasteiger partial charge in [-0.3, -0.25) is 4.79 Å². The van der Waals surface area contributed by atoms with E-state index in [0.29, 0.717) is 18.2 Å². The van der Waals surface area contributed by atoms with E-state index >= 15 is 0 Å². The molecule has 52 heavy (non-hydrogen) atoms. The number of nitrogens with zero attached hydrogens (tertiary/aromatic N) is 4. The average molecular weight is 759 g/mol. The first kappa shape index (κ1) is 38.5. The largest absolute Gasteiger partial charge is 0.430 e. The summed E-state index contributed by atoms with van der Waals surface area (Å²) in [4.78, 5) is 29.0. The van der Waals surface area contributed by atoms with E-state index in [1.165, 1.54) is 27.7 Å². The van der Waals surface area contributed by atoms with Gasteiger partial charge in [0.15, 0.2) is 9.84 Å². The Labute approximate surface area is 292 Å². The van der Waals surface area contributed by atoms with E-state index in [9.17, 15) is 58.4 Å². The number of urea groups is 1. The molecule has 5 rings (SSSR count). The van der Waals surface area contributed by atoms with E-state index in [4.69, 9.17) is 0 Å². The molecule has 2 aliphatic rings. The number of alkyl halides is 6. The molecule has 18 heteroatoms. The minimum absolute atomic E-state index is 0.131. The first-order valence-electron chi connectivity index (χ1n) is 15.6. The molecule has 0 saturated carbocycles. The van der Waals surface area contributed by atoms with Crippen molar-refractivity contribution < 1.29 is 57.9 Å². The molecule has 2 saturated heterocycles. The number of carbonyl (C=O) groups excluding carboxylic acids is 2. The van der Waals surface area contributed by atoms with E-state index in [1.54, 1.807) is 0 Å². The summed E-state index contributed by atoms with van der Waals surface area (Å²) in [6, 6.07) is 9.17. The second-order valence-corrected chi connectivity index (χ2v) is 14.6. The van der Waals surface area contributed by atoms with E-state index in [1.807, 2.05) is 0 Å². The second-order valence-electron chi connectivity index (χ2n) is 12.4. The van der Waals surface area contributed by atoms with Gasteiger partial charge in [0.25, 0.3) is 5.60 Å². The lowest BCUT2D eigenvalue weighted by Crippen LogP contribution is -2.56. The summed E-state index contributed by atoms with van der Waals surface area (Å²) in [6.45, 7) is -0.0754. The molecule has 278 valence electrons. The topological polar surface area (TPSA) is 111 Å². The van der Waals surface area contributed by atoms with Crippen LogP contribution in [0.1, 0.15) is 35.6 Å². The fourth-order valence-corrected chi connectivity index (χ4v) is 8.59. The van der Waals surface area contributed by atoms with Gasteiger partial charge in [-0.05, 0) is 53.9 Å². The number of hydrogen-bond donors (Lipinski definition) is 0. The molecule has 2 fully saturated rings. The molecule has 1 atom stereocenters. The predicted molar refractivity (Wildman–Crippen MR) is 167 cm³/mol. The molecule has 0 aromatic heterocycles. The van der Waals surface area contributed by atoms with Gasteiger partial charge in [0.2, 0.25) is 5.91 Å². The molecular weight excluding hydrogens is 728 g/mol. The highest BCUT2D eigenvalue weighted by molar-refractivity contribution is 7.92. The van der Waals surface area contributed by atoms with E-state index in [-0.39, 0.29) is 50.6 Å². The molecule has 3 amide bonds. The molecule has 3 aromatic carbocycles. The molecule has 0 N–H and O–H groups in total. The lowest BCUT2D eigenvalue weighted by Gasteiger charge is -2.38. The zero-order valence-electron chi connectivity index (χ0n) is 27.3. The van der Waals surface area contributed by atoms with Crippen molar-refractivity contribution in [2.24, 2.45) is 0 Å². The van der Waals surface area contributed by atoms with E-state index in [0.717, 1.165) is 48.5 Å². The van der Waals surface area contributed by atoms with Crippen LogP contribution >= 0.6 is 0 Å². The average Bonchev–Trinajstić information content (AvgIpc) is 3.55. The summed E-state index contributed by atoms with van der Waals surface area (Å²) in [5.74, 6) is -1.93. The third kappa shape index (κ3) is 6.78. The lowest BCUT2D eigenvalue weighted by molar-refractivity contribution is -0.392. The normalized spacial score (nSPS) is 18.7. The van der Waals surface area contributed by atoms with Crippen molar-refractivity contribution in [3.05, 3.63) is 101 Å². The Morgan fingerprint density at radius 2 is 1.37 bits per heavy atom. The Morgan fingerprint density at radius 3 is 1.90 bits per heavy atom. The van der Waals surface area contributed by atoms with Crippen molar-refractivity contribution in [3.8, 4) is 6.07 Å². The van der Waals surface area contributed by atoms with Crippen LogP contribution in [0.2, 0.25) is 0 Å². The number of hydrogen-bond acceptors (Lipinski definition) is 6. The molecule has 2 aliphatic heterocycles. The summed E-state index contributed by atoms with van der Waals surface area (Å²) in [5.41, 5.74) is -7.72. The number of piperazine rings is 1. The van der Waals surface area contributed by atoms with Crippen LogP contribution in [-0.2, 0) is 36.3 Å². The Bertz CT molecular complexity index is 1960. The minimum atomic E-state index is -6.15. The van der Waals surface area contributed by atoms with Crippen molar-refractivity contribution in [3.63, 3.8) is 0 Å². The maximum Gasteiger partial charge on any atom is 0.430 e. The van der Waals surface area contributed by atoms with Crippen LogP contribution in [-0.4, -0.2) is 86.7 Å². The van der Waals surface area contributed by atoms with Crippen molar-refractivity contribution in [2.75, 3.05) is 39.3 Å². The first-order valence-corrected chi connectivity index (χ1v) is 17.1. The van der Waals surface area contributed by atoms with Crippen LogP contribution in [0.15, 0.2) is 71.6 Å². The van der Waals surface area contributed by atoms with E-state index < -0.39 is 84.9 Å². The van der Waals surface area contributed by atoms with Crippen LogP contribution < -0.4 is 0 Å². The third-order valence-electron chi connectivity index (χ3n) is 9.39. The van der Waals surface area contributed by atoms with E-state index in [2.05, 4.69) is 4.74 Å². The SMILES string of the molecule is CC(=O)N1CCN(C(=O)N2CC[C@](c3ccc(C(OCc4ccc(F)cc4C#N)(C(F)(F)F)C(F)(F)F)cc3)(S(=O)(=O)c3ccc(F)cc3)C2)CC1. The monoisotopic (exact) mass is 758 g/mol. The summed E-state index contributed by atoms with van der Waals surface area (Å²) >= 11 is 0. The lowest BCUT2D eigenvalue weighted by atomic mass is 9.88. The van der Waals surface area contributed by atoms with Crippen LogP contribution in [0, 0.1) is 23.0 Å². The molecule has 0 unspecified atom stereocenters. The van der Waals surface area contributed by atoms with Gasteiger partial charge in [0.1, 0.15) is 16.4 Å². The van der Waals surface area contributed by atoms with Crippen LogP contribution in [0.4, 0.5) is 39.9 Å². The highest BCUT2D eigenvalue weighted by Crippen LogP contribution is 2.54. The summed E-state index contributed by atoms with van der Waals surface area (Å²) in [5, 5.41) is 9.26. The molecule has 2 heterocycles. The third-order valence-corrected chi connectivity index (χ3v) is 11.9. The highest BCUT2D eigenvalue weighted by Gasteiger charge is 2.73. The number of amides is 3. The zero-order chi connectivity index (χ0) is 38.3. The van der Waals surface area contributed by atoms with Gasteiger partial charge >= 0.3 is 18.4 Å². The van der Waals surface area contributed by atoms with Gasteiger partial charge < -0.3 is 19.4 Å². The highest BCUT2D eigenvalue weighted by atomic mass is 32.2.